The van der Waals surface area contributed by atoms with Gasteiger partial charge in [0.2, 0.25) is 0 Å². The zero-order valence-electron chi connectivity index (χ0n) is 19.2. The van der Waals surface area contributed by atoms with Crippen molar-refractivity contribution < 1.29 is 19.6 Å². The van der Waals surface area contributed by atoms with Crippen LogP contribution in [0.4, 0.5) is 5.69 Å². The topological polar surface area (TPSA) is 98.7 Å². The van der Waals surface area contributed by atoms with Crippen LogP contribution in [0.15, 0.2) is 60.7 Å². The van der Waals surface area contributed by atoms with E-state index in [1.807, 2.05) is 36.9 Å². The van der Waals surface area contributed by atoms with Gasteiger partial charge in [0.15, 0.2) is 0 Å². The molecule has 3 aromatic rings. The lowest BCUT2D eigenvalue weighted by atomic mass is 9.99. The Bertz CT molecular complexity index is 1250. The number of amides is 3. The normalized spacial score (nSPS) is 13.0. The van der Waals surface area contributed by atoms with Crippen LogP contribution in [0.25, 0.3) is 11.1 Å². The second kappa shape index (κ2) is 9.89. The number of anilines is 1. The lowest BCUT2D eigenvalue weighted by Gasteiger charge is -2.17. The SMILES string of the molecule is Cc1ccc(C(=O)Nc2cc(C(=O)N3CCCC3)cc(-c3ccc(C(=O)NO)cc3)c2)c(C)c1. The average molecular weight is 458 g/mol. The van der Waals surface area contributed by atoms with Gasteiger partial charge in [-0.15, -0.1) is 0 Å². The molecule has 1 heterocycles. The van der Waals surface area contributed by atoms with E-state index in [0.717, 1.165) is 48.2 Å². The number of hydrogen-bond donors (Lipinski definition) is 3. The molecule has 7 nitrogen and oxygen atoms in total. The summed E-state index contributed by atoms with van der Waals surface area (Å²) in [6.45, 7) is 5.31. The Balaban J connectivity index is 1.70. The fraction of sp³-hybridized carbons (Fsp3) is 0.222. The van der Waals surface area contributed by atoms with Crippen molar-refractivity contribution in [3.63, 3.8) is 0 Å². The zero-order chi connectivity index (χ0) is 24.2. The third-order valence-electron chi connectivity index (χ3n) is 6.04. The van der Waals surface area contributed by atoms with Gasteiger partial charge in [0.1, 0.15) is 0 Å². The van der Waals surface area contributed by atoms with Crippen molar-refractivity contribution in [2.45, 2.75) is 26.7 Å². The highest BCUT2D eigenvalue weighted by Crippen LogP contribution is 2.27. The van der Waals surface area contributed by atoms with Crippen LogP contribution in [-0.2, 0) is 0 Å². The van der Waals surface area contributed by atoms with Crippen LogP contribution in [0.3, 0.4) is 0 Å². The number of hydroxylamine groups is 1. The number of aryl methyl sites for hydroxylation is 2. The molecule has 4 rings (SSSR count). The second-order valence-electron chi connectivity index (χ2n) is 8.59. The zero-order valence-corrected chi connectivity index (χ0v) is 19.2. The predicted molar refractivity (Wildman–Crippen MR) is 130 cm³/mol. The molecule has 3 aromatic carbocycles. The number of carbonyl (C=O) groups excluding carboxylic acids is 3. The molecule has 1 aliphatic heterocycles. The Hall–Kier alpha value is -3.97. The van der Waals surface area contributed by atoms with Crippen LogP contribution in [-0.4, -0.2) is 40.9 Å². The van der Waals surface area contributed by atoms with Crippen molar-refractivity contribution >= 4 is 23.4 Å². The van der Waals surface area contributed by atoms with Gasteiger partial charge in [-0.2, -0.15) is 0 Å². The Morgan fingerprint density at radius 2 is 1.50 bits per heavy atom. The maximum absolute atomic E-state index is 13.1. The molecule has 1 fully saturated rings. The highest BCUT2D eigenvalue weighted by molar-refractivity contribution is 6.06. The van der Waals surface area contributed by atoms with E-state index >= 15 is 0 Å². The molecule has 1 aliphatic rings. The van der Waals surface area contributed by atoms with Crippen LogP contribution in [0.1, 0.15) is 55.0 Å². The highest BCUT2D eigenvalue weighted by atomic mass is 16.5. The fourth-order valence-corrected chi connectivity index (χ4v) is 4.24. The maximum Gasteiger partial charge on any atom is 0.274 e. The van der Waals surface area contributed by atoms with E-state index in [0.29, 0.717) is 22.4 Å². The molecule has 3 N–H and O–H groups in total. The van der Waals surface area contributed by atoms with Gasteiger partial charge >= 0.3 is 0 Å². The molecule has 7 heteroatoms. The number of nitrogens with zero attached hydrogens (tertiary/aromatic N) is 1. The summed E-state index contributed by atoms with van der Waals surface area (Å²) in [5.41, 5.74) is 6.95. The van der Waals surface area contributed by atoms with Crippen LogP contribution in [0.2, 0.25) is 0 Å². The summed E-state index contributed by atoms with van der Waals surface area (Å²) >= 11 is 0. The Kier molecular flexibility index (Phi) is 6.75. The van der Waals surface area contributed by atoms with Crippen molar-refractivity contribution in [2.24, 2.45) is 0 Å². The highest BCUT2D eigenvalue weighted by Gasteiger charge is 2.21. The van der Waals surface area contributed by atoms with E-state index in [-0.39, 0.29) is 11.8 Å². The molecular weight excluding hydrogens is 430 g/mol. The van der Waals surface area contributed by atoms with E-state index in [4.69, 9.17) is 5.21 Å². The standard InChI is InChI=1S/C27H27N3O4/c1-17-5-10-24(18(2)13-17)26(32)28-23-15-21(19-6-8-20(9-7-19)25(31)29-34)14-22(16-23)27(33)30-11-3-4-12-30/h5-10,13-16,34H,3-4,11-12H2,1-2H3,(H,28,32)(H,29,31). The predicted octanol–water partition coefficient (Wildman–Crippen LogP) is 4.58. The molecule has 0 radical (unpaired) electrons. The monoisotopic (exact) mass is 457 g/mol. The Labute approximate surface area is 198 Å². The third-order valence-corrected chi connectivity index (χ3v) is 6.04. The number of likely N-dealkylation sites (tertiary alicyclic amines) is 1. The summed E-state index contributed by atoms with van der Waals surface area (Å²) in [6.07, 6.45) is 1.96. The Morgan fingerprint density at radius 3 is 2.15 bits per heavy atom. The number of hydrogen-bond acceptors (Lipinski definition) is 4. The molecule has 0 saturated carbocycles. The fourth-order valence-electron chi connectivity index (χ4n) is 4.24. The van der Waals surface area contributed by atoms with Crippen molar-refractivity contribution in [3.8, 4) is 11.1 Å². The second-order valence-corrected chi connectivity index (χ2v) is 8.59. The lowest BCUT2D eigenvalue weighted by molar-refractivity contribution is 0.0706. The summed E-state index contributed by atoms with van der Waals surface area (Å²) < 4.78 is 0. The van der Waals surface area contributed by atoms with E-state index in [2.05, 4.69) is 5.32 Å². The van der Waals surface area contributed by atoms with Crippen LogP contribution < -0.4 is 10.8 Å². The van der Waals surface area contributed by atoms with E-state index < -0.39 is 5.91 Å². The number of carbonyl (C=O) groups is 3. The summed E-state index contributed by atoms with van der Waals surface area (Å²) in [4.78, 5) is 39.6. The minimum atomic E-state index is -0.606. The van der Waals surface area contributed by atoms with Gasteiger partial charge in [0.05, 0.1) is 0 Å². The summed E-state index contributed by atoms with van der Waals surface area (Å²) in [6, 6.07) is 17.6. The summed E-state index contributed by atoms with van der Waals surface area (Å²) in [5.74, 6) is -0.923. The number of rotatable bonds is 5. The minimum Gasteiger partial charge on any atom is -0.339 e. The first-order valence-corrected chi connectivity index (χ1v) is 11.2. The van der Waals surface area contributed by atoms with Crippen molar-refractivity contribution in [3.05, 3.63) is 88.5 Å². The average Bonchev–Trinajstić information content (AvgIpc) is 3.38. The summed E-state index contributed by atoms with van der Waals surface area (Å²) in [7, 11) is 0. The van der Waals surface area contributed by atoms with E-state index in [1.165, 1.54) is 0 Å². The molecule has 0 aromatic heterocycles. The van der Waals surface area contributed by atoms with E-state index in [9.17, 15) is 14.4 Å². The molecule has 0 bridgehead atoms. The van der Waals surface area contributed by atoms with Gasteiger partial charge in [-0.3, -0.25) is 19.6 Å². The van der Waals surface area contributed by atoms with Gasteiger partial charge in [-0.05, 0) is 79.8 Å². The first-order valence-electron chi connectivity index (χ1n) is 11.2. The third kappa shape index (κ3) is 5.00. The molecule has 174 valence electrons. The molecule has 0 atom stereocenters. The van der Waals surface area contributed by atoms with Crippen LogP contribution in [0.5, 0.6) is 0 Å². The largest absolute Gasteiger partial charge is 0.339 e. The van der Waals surface area contributed by atoms with Gasteiger partial charge in [-0.1, -0.05) is 29.8 Å². The van der Waals surface area contributed by atoms with Crippen molar-refractivity contribution in [2.75, 3.05) is 18.4 Å². The molecule has 0 aliphatic carbocycles. The van der Waals surface area contributed by atoms with Gasteiger partial charge < -0.3 is 10.2 Å². The first kappa shape index (κ1) is 23.2. The number of nitrogens with one attached hydrogen (secondary N) is 2. The number of benzene rings is 3. The van der Waals surface area contributed by atoms with Crippen molar-refractivity contribution in [1.29, 1.82) is 0 Å². The van der Waals surface area contributed by atoms with Crippen molar-refractivity contribution in [1.82, 2.24) is 10.4 Å². The molecule has 1 saturated heterocycles. The molecule has 3 amide bonds. The maximum atomic E-state index is 13.1. The molecular formula is C27H27N3O4. The minimum absolute atomic E-state index is 0.0716. The molecule has 0 unspecified atom stereocenters. The quantitative estimate of drug-likeness (QED) is 0.386. The van der Waals surface area contributed by atoms with Gasteiger partial charge in [0.25, 0.3) is 17.7 Å². The van der Waals surface area contributed by atoms with Crippen LogP contribution >= 0.6 is 0 Å². The molecule has 0 spiro atoms. The Morgan fingerprint density at radius 1 is 0.794 bits per heavy atom. The summed E-state index contributed by atoms with van der Waals surface area (Å²) in [5, 5.41) is 11.8. The lowest BCUT2D eigenvalue weighted by Crippen LogP contribution is -2.27. The molecule has 34 heavy (non-hydrogen) atoms. The smallest absolute Gasteiger partial charge is 0.274 e. The van der Waals surface area contributed by atoms with Crippen LogP contribution in [0, 0.1) is 13.8 Å². The van der Waals surface area contributed by atoms with Gasteiger partial charge in [0, 0.05) is 35.5 Å². The van der Waals surface area contributed by atoms with E-state index in [1.54, 1.807) is 47.9 Å². The first-order chi connectivity index (χ1) is 16.4. The van der Waals surface area contributed by atoms with Gasteiger partial charge in [-0.25, -0.2) is 5.48 Å².